The molecule has 3 heteroatoms. The van der Waals surface area contributed by atoms with E-state index in [0.29, 0.717) is 17.8 Å². The summed E-state index contributed by atoms with van der Waals surface area (Å²) in [6.45, 7) is 8.62. The summed E-state index contributed by atoms with van der Waals surface area (Å²) in [6.07, 6.45) is 8.48. The van der Waals surface area contributed by atoms with Crippen LogP contribution in [0.25, 0.3) is 6.08 Å². The Labute approximate surface area is 133 Å². The van der Waals surface area contributed by atoms with Crippen molar-refractivity contribution in [3.8, 4) is 0 Å². The summed E-state index contributed by atoms with van der Waals surface area (Å²) in [4.78, 5) is 16.3. The third kappa shape index (κ3) is 4.69. The molecular weight excluding hydrogens is 274 g/mol. The summed E-state index contributed by atoms with van der Waals surface area (Å²) in [5.74, 6) is 1.42. The Morgan fingerprint density at radius 1 is 1.36 bits per heavy atom. The van der Waals surface area contributed by atoms with E-state index < -0.39 is 0 Å². The molecule has 1 saturated carbocycles. The molecule has 3 atom stereocenters. The molecule has 1 heterocycles. The minimum atomic E-state index is -0.245. The van der Waals surface area contributed by atoms with Crippen LogP contribution in [0.5, 0.6) is 0 Å². The van der Waals surface area contributed by atoms with Gasteiger partial charge in [-0.15, -0.1) is 0 Å². The lowest BCUT2D eigenvalue weighted by Crippen LogP contribution is -2.35. The molecule has 0 aromatic carbocycles. The van der Waals surface area contributed by atoms with Gasteiger partial charge in [0, 0.05) is 18.0 Å². The normalized spacial score (nSPS) is 25.6. The number of hydrogen-bond acceptors (Lipinski definition) is 3. The van der Waals surface area contributed by atoms with Crippen molar-refractivity contribution in [1.29, 1.82) is 0 Å². The number of hydrogen-bond donors (Lipinski definition) is 0. The van der Waals surface area contributed by atoms with Crippen LogP contribution in [0, 0.1) is 24.7 Å². The summed E-state index contributed by atoms with van der Waals surface area (Å²) in [5.41, 5.74) is 1.88. The zero-order valence-corrected chi connectivity index (χ0v) is 14.1. The molecule has 1 fully saturated rings. The highest BCUT2D eigenvalue weighted by Crippen LogP contribution is 2.35. The molecule has 3 nitrogen and oxygen atoms in total. The number of nitrogens with zero attached hydrogens (tertiary/aromatic N) is 1. The molecule has 22 heavy (non-hydrogen) atoms. The van der Waals surface area contributed by atoms with Crippen LogP contribution >= 0.6 is 0 Å². The molecule has 1 aliphatic rings. The van der Waals surface area contributed by atoms with E-state index in [-0.39, 0.29) is 12.1 Å². The van der Waals surface area contributed by atoms with E-state index in [4.69, 9.17) is 4.74 Å². The first-order valence-corrected chi connectivity index (χ1v) is 8.27. The number of aryl methyl sites for hydroxylation is 1. The van der Waals surface area contributed by atoms with Crippen molar-refractivity contribution < 1.29 is 9.53 Å². The molecule has 0 bridgehead atoms. The second-order valence-electron chi connectivity index (χ2n) is 6.87. The Balaban J connectivity index is 1.95. The smallest absolute Gasteiger partial charge is 0.331 e. The SMILES string of the molecule is Cc1ccc(/C=C/C(=O)O[C@@H]2C[C@H](C)CC[C@H]2C(C)C)cn1. The van der Waals surface area contributed by atoms with Crippen molar-refractivity contribution in [1.82, 2.24) is 4.98 Å². The summed E-state index contributed by atoms with van der Waals surface area (Å²) in [7, 11) is 0. The monoisotopic (exact) mass is 301 g/mol. The van der Waals surface area contributed by atoms with Gasteiger partial charge in [0.05, 0.1) is 0 Å². The molecule has 1 aromatic rings. The summed E-state index contributed by atoms with van der Waals surface area (Å²) in [6, 6.07) is 3.88. The topological polar surface area (TPSA) is 39.2 Å². The fourth-order valence-electron chi connectivity index (χ4n) is 3.18. The minimum Gasteiger partial charge on any atom is -0.459 e. The van der Waals surface area contributed by atoms with Gasteiger partial charge in [-0.05, 0) is 55.2 Å². The van der Waals surface area contributed by atoms with Crippen LogP contribution in [0.3, 0.4) is 0 Å². The van der Waals surface area contributed by atoms with Crippen LogP contribution in [0.15, 0.2) is 24.4 Å². The first kappa shape index (κ1) is 16.7. The zero-order valence-electron chi connectivity index (χ0n) is 14.1. The van der Waals surface area contributed by atoms with E-state index in [1.54, 1.807) is 12.3 Å². The number of pyridine rings is 1. The molecule has 0 aliphatic heterocycles. The second-order valence-corrected chi connectivity index (χ2v) is 6.87. The average molecular weight is 301 g/mol. The quantitative estimate of drug-likeness (QED) is 0.611. The maximum absolute atomic E-state index is 12.1. The first-order chi connectivity index (χ1) is 10.5. The van der Waals surface area contributed by atoms with E-state index in [2.05, 4.69) is 25.8 Å². The lowest BCUT2D eigenvalue weighted by Gasteiger charge is -2.36. The highest BCUT2D eigenvalue weighted by molar-refractivity contribution is 5.87. The summed E-state index contributed by atoms with van der Waals surface area (Å²) < 4.78 is 5.73. The van der Waals surface area contributed by atoms with Crippen LogP contribution < -0.4 is 0 Å². The van der Waals surface area contributed by atoms with Crippen molar-refractivity contribution >= 4 is 12.0 Å². The van der Waals surface area contributed by atoms with E-state index in [0.717, 1.165) is 24.1 Å². The number of rotatable bonds is 4. The first-order valence-electron chi connectivity index (χ1n) is 8.27. The maximum Gasteiger partial charge on any atom is 0.331 e. The standard InChI is InChI=1S/C19H27NO2/c1-13(2)17-9-5-14(3)11-18(17)22-19(21)10-8-16-7-6-15(4)20-12-16/h6-8,10,12-14,17-18H,5,9,11H2,1-4H3/b10-8+/t14-,17+,18-/m1/s1. The third-order valence-electron chi connectivity index (χ3n) is 4.57. The van der Waals surface area contributed by atoms with Gasteiger partial charge in [-0.3, -0.25) is 4.98 Å². The van der Waals surface area contributed by atoms with Gasteiger partial charge in [-0.1, -0.05) is 33.3 Å². The van der Waals surface area contributed by atoms with Gasteiger partial charge in [0.25, 0.3) is 0 Å². The molecule has 0 saturated heterocycles. The van der Waals surface area contributed by atoms with Gasteiger partial charge >= 0.3 is 5.97 Å². The molecule has 0 radical (unpaired) electrons. The molecule has 0 amide bonds. The van der Waals surface area contributed by atoms with E-state index in [1.165, 1.54) is 12.5 Å². The Kier molecular flexibility index (Phi) is 5.76. The second kappa shape index (κ2) is 7.57. The number of carbonyl (C=O) groups is 1. The predicted octanol–water partition coefficient (Wildman–Crippen LogP) is 4.41. The number of carbonyl (C=O) groups excluding carboxylic acids is 1. The predicted molar refractivity (Wildman–Crippen MR) is 89.2 cm³/mol. The molecular formula is C19H27NO2. The van der Waals surface area contributed by atoms with Gasteiger partial charge in [-0.2, -0.15) is 0 Å². The van der Waals surface area contributed by atoms with Crippen molar-refractivity contribution in [3.63, 3.8) is 0 Å². The van der Waals surface area contributed by atoms with Crippen LogP contribution in [-0.4, -0.2) is 17.1 Å². The van der Waals surface area contributed by atoms with Crippen LogP contribution in [0.4, 0.5) is 0 Å². The van der Waals surface area contributed by atoms with Crippen molar-refractivity contribution in [2.45, 2.75) is 53.1 Å². The Morgan fingerprint density at radius 2 is 2.14 bits per heavy atom. The van der Waals surface area contributed by atoms with Gasteiger partial charge in [0.15, 0.2) is 0 Å². The highest BCUT2D eigenvalue weighted by atomic mass is 16.5. The zero-order chi connectivity index (χ0) is 16.1. The Bertz CT molecular complexity index is 519. The molecule has 120 valence electrons. The summed E-state index contributed by atoms with van der Waals surface area (Å²) >= 11 is 0. The van der Waals surface area contributed by atoms with E-state index in [1.807, 2.05) is 19.1 Å². The van der Waals surface area contributed by atoms with Crippen LogP contribution in [-0.2, 0) is 9.53 Å². The Hall–Kier alpha value is -1.64. The van der Waals surface area contributed by atoms with Crippen molar-refractivity contribution in [3.05, 3.63) is 35.7 Å². The number of ether oxygens (including phenoxy) is 1. The summed E-state index contributed by atoms with van der Waals surface area (Å²) in [5, 5.41) is 0. The molecule has 0 spiro atoms. The lowest BCUT2D eigenvalue weighted by molar-refractivity contribution is -0.149. The molecule has 1 aliphatic carbocycles. The van der Waals surface area contributed by atoms with Gasteiger partial charge in [0.1, 0.15) is 6.10 Å². The van der Waals surface area contributed by atoms with Crippen molar-refractivity contribution in [2.75, 3.05) is 0 Å². The minimum absolute atomic E-state index is 0.0528. The van der Waals surface area contributed by atoms with Gasteiger partial charge in [-0.25, -0.2) is 4.79 Å². The number of aromatic nitrogens is 1. The number of esters is 1. The fourth-order valence-corrected chi connectivity index (χ4v) is 3.18. The van der Waals surface area contributed by atoms with Crippen LogP contribution in [0.1, 0.15) is 51.3 Å². The molecule has 0 N–H and O–H groups in total. The largest absolute Gasteiger partial charge is 0.459 e. The molecule has 0 unspecified atom stereocenters. The highest BCUT2D eigenvalue weighted by Gasteiger charge is 2.32. The van der Waals surface area contributed by atoms with E-state index in [9.17, 15) is 4.79 Å². The van der Waals surface area contributed by atoms with Crippen molar-refractivity contribution in [2.24, 2.45) is 17.8 Å². The van der Waals surface area contributed by atoms with Crippen LogP contribution in [0.2, 0.25) is 0 Å². The fraction of sp³-hybridized carbons (Fsp3) is 0.579. The van der Waals surface area contributed by atoms with Gasteiger partial charge < -0.3 is 4.74 Å². The third-order valence-corrected chi connectivity index (χ3v) is 4.57. The van der Waals surface area contributed by atoms with Gasteiger partial charge in [0.2, 0.25) is 0 Å². The maximum atomic E-state index is 12.1. The van der Waals surface area contributed by atoms with E-state index >= 15 is 0 Å². The molecule has 2 rings (SSSR count). The average Bonchev–Trinajstić information content (AvgIpc) is 2.46. The Morgan fingerprint density at radius 3 is 2.77 bits per heavy atom. The lowest BCUT2D eigenvalue weighted by atomic mass is 9.75. The molecule has 1 aromatic heterocycles.